The number of amides is 2. The van der Waals surface area contributed by atoms with Crippen LogP contribution in [0.4, 0.5) is 0 Å². The Balaban J connectivity index is 1.64. The number of primary amides is 1. The number of piperidine rings is 1. The summed E-state index contributed by atoms with van der Waals surface area (Å²) >= 11 is 7.96. The first-order chi connectivity index (χ1) is 13.0. The van der Waals surface area contributed by atoms with Crippen LogP contribution in [0, 0.1) is 5.92 Å². The molecule has 7 heteroatoms. The minimum atomic E-state index is -0.273. The summed E-state index contributed by atoms with van der Waals surface area (Å²) < 4.78 is 3.12. The van der Waals surface area contributed by atoms with Crippen LogP contribution in [-0.4, -0.2) is 34.4 Å². The minimum absolute atomic E-state index is 0.00614. The number of nitrogens with zero attached hydrogens (tertiary/aromatic N) is 2. The Kier molecular flexibility index (Phi) is 4.93. The summed E-state index contributed by atoms with van der Waals surface area (Å²) in [6.07, 6.45) is 1.25. The van der Waals surface area contributed by atoms with Crippen molar-refractivity contribution in [3.8, 4) is 0 Å². The van der Waals surface area contributed by atoms with Gasteiger partial charge in [0.2, 0.25) is 5.91 Å². The lowest BCUT2D eigenvalue weighted by molar-refractivity contribution is -0.123. The van der Waals surface area contributed by atoms with Crippen LogP contribution in [-0.2, 0) is 11.3 Å². The molecule has 1 saturated heterocycles. The molecule has 0 atom stereocenters. The summed E-state index contributed by atoms with van der Waals surface area (Å²) in [5.41, 5.74) is 8.08. The normalized spacial score (nSPS) is 15.4. The predicted molar refractivity (Wildman–Crippen MR) is 108 cm³/mol. The number of hydrogen-bond donors (Lipinski definition) is 1. The Morgan fingerprint density at radius 2 is 1.93 bits per heavy atom. The van der Waals surface area contributed by atoms with E-state index in [9.17, 15) is 9.59 Å². The van der Waals surface area contributed by atoms with Crippen LogP contribution in [0.1, 0.15) is 28.9 Å². The van der Waals surface area contributed by atoms with Gasteiger partial charge in [0.25, 0.3) is 5.91 Å². The van der Waals surface area contributed by atoms with Crippen molar-refractivity contribution in [1.82, 2.24) is 9.47 Å². The number of halogens is 1. The molecule has 1 aromatic carbocycles. The number of carbonyl (C=O) groups excluding carboxylic acids is 2. The zero-order chi connectivity index (χ0) is 19.0. The van der Waals surface area contributed by atoms with E-state index in [0.29, 0.717) is 43.2 Å². The van der Waals surface area contributed by atoms with E-state index in [0.717, 1.165) is 15.8 Å². The zero-order valence-electron chi connectivity index (χ0n) is 14.7. The van der Waals surface area contributed by atoms with Crippen LogP contribution in [0.3, 0.4) is 0 Å². The Labute approximate surface area is 166 Å². The summed E-state index contributed by atoms with van der Waals surface area (Å²) in [6, 6.07) is 11.7. The molecule has 1 aliphatic heterocycles. The Morgan fingerprint density at radius 3 is 2.63 bits per heavy atom. The Bertz CT molecular complexity index is 1000. The fourth-order valence-corrected chi connectivity index (χ4v) is 4.67. The lowest BCUT2D eigenvalue weighted by atomic mass is 9.96. The van der Waals surface area contributed by atoms with Crippen LogP contribution in [0.5, 0.6) is 0 Å². The highest BCUT2D eigenvalue weighted by Gasteiger charge is 2.28. The predicted octanol–water partition coefficient (Wildman–Crippen LogP) is 3.74. The van der Waals surface area contributed by atoms with Crippen LogP contribution >= 0.6 is 22.9 Å². The quantitative estimate of drug-likeness (QED) is 0.723. The molecule has 0 unspecified atom stereocenters. The van der Waals surface area contributed by atoms with Gasteiger partial charge in [0, 0.05) is 30.6 Å². The summed E-state index contributed by atoms with van der Waals surface area (Å²) in [4.78, 5) is 26.4. The third kappa shape index (κ3) is 3.47. The molecule has 1 aliphatic rings. The molecular formula is C20H20ClN3O2S. The molecular weight excluding hydrogens is 382 g/mol. The minimum Gasteiger partial charge on any atom is -0.369 e. The first kappa shape index (κ1) is 18.1. The monoisotopic (exact) mass is 401 g/mol. The number of aromatic nitrogens is 1. The van der Waals surface area contributed by atoms with Crippen LogP contribution < -0.4 is 5.73 Å². The molecule has 2 aromatic heterocycles. The molecule has 5 nitrogen and oxygen atoms in total. The highest BCUT2D eigenvalue weighted by molar-refractivity contribution is 7.17. The number of fused-ring (bicyclic) bond motifs is 1. The molecule has 140 valence electrons. The Hall–Kier alpha value is -2.31. The van der Waals surface area contributed by atoms with Crippen LogP contribution in [0.25, 0.3) is 10.2 Å². The van der Waals surface area contributed by atoms with Gasteiger partial charge in [0.15, 0.2) is 0 Å². The average molecular weight is 402 g/mol. The maximum absolute atomic E-state index is 13.2. The van der Waals surface area contributed by atoms with Gasteiger partial charge in [-0.1, -0.05) is 29.8 Å². The van der Waals surface area contributed by atoms with E-state index in [-0.39, 0.29) is 17.7 Å². The standard InChI is InChI=1S/C20H20ClN3O2S/c21-15-4-2-1-3-14(15)12-24-16-7-10-27-18(16)11-17(24)20(26)23-8-5-13(6-9-23)19(22)25/h1-4,7,10-11,13H,5-6,8-9,12H2,(H2,22,25). The van der Waals surface area contributed by atoms with Crippen molar-refractivity contribution in [1.29, 1.82) is 0 Å². The Morgan fingerprint density at radius 1 is 1.19 bits per heavy atom. The van der Waals surface area contributed by atoms with Crippen molar-refractivity contribution in [3.05, 3.63) is 58.1 Å². The van der Waals surface area contributed by atoms with E-state index >= 15 is 0 Å². The van der Waals surface area contributed by atoms with Gasteiger partial charge in [0.05, 0.1) is 10.2 Å². The molecule has 0 bridgehead atoms. The van der Waals surface area contributed by atoms with Crippen molar-refractivity contribution >= 4 is 45.0 Å². The van der Waals surface area contributed by atoms with Gasteiger partial charge in [-0.2, -0.15) is 0 Å². The van der Waals surface area contributed by atoms with Gasteiger partial charge in [-0.15, -0.1) is 11.3 Å². The third-order valence-electron chi connectivity index (χ3n) is 5.21. The highest BCUT2D eigenvalue weighted by Crippen LogP contribution is 2.29. The maximum Gasteiger partial charge on any atom is 0.270 e. The molecule has 0 saturated carbocycles. The lowest BCUT2D eigenvalue weighted by Crippen LogP contribution is -2.42. The summed E-state index contributed by atoms with van der Waals surface area (Å²) in [6.45, 7) is 1.65. The average Bonchev–Trinajstić information content (AvgIpc) is 3.25. The summed E-state index contributed by atoms with van der Waals surface area (Å²) in [7, 11) is 0. The van der Waals surface area contributed by atoms with Gasteiger partial charge in [-0.25, -0.2) is 0 Å². The first-order valence-corrected chi connectivity index (χ1v) is 10.2. The first-order valence-electron chi connectivity index (χ1n) is 8.93. The second-order valence-corrected chi connectivity index (χ2v) is 8.20. The molecule has 2 N–H and O–H groups in total. The van der Waals surface area contributed by atoms with Crippen molar-refractivity contribution in [2.75, 3.05) is 13.1 Å². The number of rotatable bonds is 4. The van der Waals surface area contributed by atoms with E-state index in [1.807, 2.05) is 51.2 Å². The summed E-state index contributed by atoms with van der Waals surface area (Å²) in [5, 5.41) is 2.72. The second-order valence-electron chi connectivity index (χ2n) is 6.85. The van der Waals surface area contributed by atoms with E-state index < -0.39 is 0 Å². The molecule has 0 radical (unpaired) electrons. The third-order valence-corrected chi connectivity index (χ3v) is 6.43. The second kappa shape index (κ2) is 7.37. The van der Waals surface area contributed by atoms with Crippen molar-refractivity contribution in [2.24, 2.45) is 11.7 Å². The zero-order valence-corrected chi connectivity index (χ0v) is 16.3. The SMILES string of the molecule is NC(=O)C1CCN(C(=O)c2cc3sccc3n2Cc2ccccc2Cl)CC1. The van der Waals surface area contributed by atoms with Gasteiger partial charge in [0.1, 0.15) is 5.69 Å². The fourth-order valence-electron chi connectivity index (χ4n) is 3.65. The molecule has 3 heterocycles. The number of thiophene rings is 1. The van der Waals surface area contributed by atoms with E-state index in [1.54, 1.807) is 11.3 Å². The van der Waals surface area contributed by atoms with E-state index in [4.69, 9.17) is 17.3 Å². The van der Waals surface area contributed by atoms with Gasteiger partial charge in [-0.05, 0) is 42.0 Å². The van der Waals surface area contributed by atoms with Crippen molar-refractivity contribution in [2.45, 2.75) is 19.4 Å². The van der Waals surface area contributed by atoms with Gasteiger partial charge >= 0.3 is 0 Å². The van der Waals surface area contributed by atoms with Gasteiger partial charge in [-0.3, -0.25) is 9.59 Å². The molecule has 3 aromatic rings. The largest absolute Gasteiger partial charge is 0.369 e. The molecule has 0 spiro atoms. The van der Waals surface area contributed by atoms with Crippen molar-refractivity contribution in [3.63, 3.8) is 0 Å². The topological polar surface area (TPSA) is 68.3 Å². The molecule has 27 heavy (non-hydrogen) atoms. The number of benzene rings is 1. The molecule has 0 aliphatic carbocycles. The number of likely N-dealkylation sites (tertiary alicyclic amines) is 1. The highest BCUT2D eigenvalue weighted by atomic mass is 35.5. The molecule has 1 fully saturated rings. The van der Waals surface area contributed by atoms with Gasteiger partial charge < -0.3 is 15.2 Å². The fraction of sp³-hybridized carbons (Fsp3) is 0.300. The lowest BCUT2D eigenvalue weighted by Gasteiger charge is -2.30. The number of hydrogen-bond acceptors (Lipinski definition) is 3. The van der Waals surface area contributed by atoms with E-state index in [1.165, 1.54) is 0 Å². The maximum atomic E-state index is 13.2. The van der Waals surface area contributed by atoms with Crippen molar-refractivity contribution < 1.29 is 9.59 Å². The van der Waals surface area contributed by atoms with E-state index in [2.05, 4.69) is 0 Å². The van der Waals surface area contributed by atoms with Crippen LogP contribution in [0.15, 0.2) is 41.8 Å². The summed E-state index contributed by atoms with van der Waals surface area (Å²) in [5.74, 6) is -0.412. The number of carbonyl (C=O) groups is 2. The molecule has 2 amide bonds. The smallest absolute Gasteiger partial charge is 0.270 e. The van der Waals surface area contributed by atoms with Crippen LogP contribution in [0.2, 0.25) is 5.02 Å². The molecule has 4 rings (SSSR count). The number of nitrogens with two attached hydrogens (primary N) is 1.